The molecule has 102 valence electrons. The number of hydrogen-bond donors (Lipinski definition) is 1. The lowest BCUT2D eigenvalue weighted by Gasteiger charge is -2.28. The predicted molar refractivity (Wildman–Crippen MR) is 81.2 cm³/mol. The van der Waals surface area contributed by atoms with Crippen LogP contribution in [0.2, 0.25) is 0 Å². The minimum atomic E-state index is 0.285. The molecule has 2 heteroatoms. The van der Waals surface area contributed by atoms with Gasteiger partial charge in [-0.3, -0.25) is 0 Å². The molecule has 1 rings (SSSR count). The van der Waals surface area contributed by atoms with Crippen LogP contribution in [-0.4, -0.2) is 19.1 Å². The van der Waals surface area contributed by atoms with Gasteiger partial charge in [-0.05, 0) is 43.4 Å². The summed E-state index contributed by atoms with van der Waals surface area (Å²) in [6.07, 6.45) is 4.39. The van der Waals surface area contributed by atoms with E-state index in [-0.39, 0.29) is 6.04 Å². The van der Waals surface area contributed by atoms with Crippen molar-refractivity contribution >= 4 is 5.69 Å². The van der Waals surface area contributed by atoms with Crippen molar-refractivity contribution in [3.63, 3.8) is 0 Å². The largest absolute Gasteiger partial charge is 0.372 e. The van der Waals surface area contributed by atoms with Gasteiger partial charge in [0.15, 0.2) is 0 Å². The van der Waals surface area contributed by atoms with E-state index in [1.807, 2.05) is 0 Å². The van der Waals surface area contributed by atoms with Crippen molar-refractivity contribution in [3.8, 4) is 0 Å². The summed E-state index contributed by atoms with van der Waals surface area (Å²) in [5.74, 6) is 0. The van der Waals surface area contributed by atoms with Crippen molar-refractivity contribution in [1.82, 2.24) is 0 Å². The van der Waals surface area contributed by atoms with Gasteiger partial charge in [-0.1, -0.05) is 32.9 Å². The Bertz CT molecular complexity index is 327. The van der Waals surface area contributed by atoms with E-state index >= 15 is 0 Å². The predicted octanol–water partition coefficient (Wildman–Crippen LogP) is 3.59. The highest BCUT2D eigenvalue weighted by atomic mass is 15.1. The van der Waals surface area contributed by atoms with Crippen LogP contribution in [0.3, 0.4) is 0 Å². The maximum Gasteiger partial charge on any atom is 0.0366 e. The lowest BCUT2D eigenvalue weighted by molar-refractivity contribution is 0.591. The number of benzene rings is 1. The minimum Gasteiger partial charge on any atom is -0.372 e. The summed E-state index contributed by atoms with van der Waals surface area (Å²) < 4.78 is 0. The second-order valence-corrected chi connectivity index (χ2v) is 5.12. The Morgan fingerprint density at radius 1 is 1.00 bits per heavy atom. The van der Waals surface area contributed by atoms with Gasteiger partial charge in [-0.2, -0.15) is 0 Å². The SMILES string of the molecule is CCC(N)Cc1ccc(N(C)C(CC)CC)cc1. The monoisotopic (exact) mass is 248 g/mol. The van der Waals surface area contributed by atoms with E-state index in [1.165, 1.54) is 24.1 Å². The molecule has 0 saturated heterocycles. The van der Waals surface area contributed by atoms with E-state index in [2.05, 4.69) is 57.0 Å². The van der Waals surface area contributed by atoms with Crippen molar-refractivity contribution in [2.24, 2.45) is 5.73 Å². The van der Waals surface area contributed by atoms with E-state index < -0.39 is 0 Å². The first-order valence-electron chi connectivity index (χ1n) is 7.19. The summed E-state index contributed by atoms with van der Waals surface area (Å²) in [5.41, 5.74) is 8.63. The average molecular weight is 248 g/mol. The molecule has 0 fully saturated rings. The fourth-order valence-electron chi connectivity index (χ4n) is 2.36. The van der Waals surface area contributed by atoms with Crippen molar-refractivity contribution < 1.29 is 0 Å². The van der Waals surface area contributed by atoms with E-state index in [0.717, 1.165) is 12.8 Å². The second-order valence-electron chi connectivity index (χ2n) is 5.12. The fourth-order valence-corrected chi connectivity index (χ4v) is 2.36. The van der Waals surface area contributed by atoms with Gasteiger partial charge in [0, 0.05) is 24.8 Å². The Morgan fingerprint density at radius 2 is 1.56 bits per heavy atom. The molecule has 1 atom stereocenters. The van der Waals surface area contributed by atoms with Crippen LogP contribution in [0.4, 0.5) is 5.69 Å². The Balaban J connectivity index is 2.70. The van der Waals surface area contributed by atoms with Crippen LogP contribution in [-0.2, 0) is 6.42 Å². The molecule has 0 bridgehead atoms. The van der Waals surface area contributed by atoms with Crippen LogP contribution in [0.15, 0.2) is 24.3 Å². The quantitative estimate of drug-likeness (QED) is 0.799. The minimum absolute atomic E-state index is 0.285. The molecule has 2 nitrogen and oxygen atoms in total. The summed E-state index contributed by atoms with van der Waals surface area (Å²) >= 11 is 0. The average Bonchev–Trinajstić information content (AvgIpc) is 2.40. The standard InChI is InChI=1S/C16H28N2/c1-5-14(17)12-13-8-10-16(11-9-13)18(4)15(6-2)7-3/h8-11,14-15H,5-7,12,17H2,1-4H3. The van der Waals surface area contributed by atoms with Crippen LogP contribution >= 0.6 is 0 Å². The van der Waals surface area contributed by atoms with Gasteiger partial charge in [-0.25, -0.2) is 0 Å². The number of anilines is 1. The summed E-state index contributed by atoms with van der Waals surface area (Å²) in [7, 11) is 2.18. The van der Waals surface area contributed by atoms with Gasteiger partial charge in [0.25, 0.3) is 0 Å². The molecule has 0 radical (unpaired) electrons. The molecule has 0 amide bonds. The van der Waals surface area contributed by atoms with E-state index in [9.17, 15) is 0 Å². The normalized spacial score (nSPS) is 12.8. The Kier molecular flexibility index (Phi) is 6.20. The lowest BCUT2D eigenvalue weighted by Crippen LogP contribution is -2.30. The van der Waals surface area contributed by atoms with Crippen LogP contribution in [0.25, 0.3) is 0 Å². The molecule has 1 unspecified atom stereocenters. The maximum absolute atomic E-state index is 5.98. The first-order chi connectivity index (χ1) is 8.62. The second kappa shape index (κ2) is 7.42. The number of nitrogens with zero attached hydrogens (tertiary/aromatic N) is 1. The first-order valence-corrected chi connectivity index (χ1v) is 7.19. The van der Waals surface area contributed by atoms with Crippen molar-refractivity contribution in [2.75, 3.05) is 11.9 Å². The highest BCUT2D eigenvalue weighted by Gasteiger charge is 2.11. The van der Waals surface area contributed by atoms with E-state index in [0.29, 0.717) is 6.04 Å². The van der Waals surface area contributed by atoms with Gasteiger partial charge in [-0.15, -0.1) is 0 Å². The number of nitrogens with two attached hydrogens (primary N) is 1. The van der Waals surface area contributed by atoms with Crippen LogP contribution < -0.4 is 10.6 Å². The zero-order valence-corrected chi connectivity index (χ0v) is 12.3. The van der Waals surface area contributed by atoms with Crippen molar-refractivity contribution in [3.05, 3.63) is 29.8 Å². The van der Waals surface area contributed by atoms with E-state index in [4.69, 9.17) is 5.73 Å². The smallest absolute Gasteiger partial charge is 0.0366 e. The third-order valence-electron chi connectivity index (χ3n) is 3.86. The van der Waals surface area contributed by atoms with Crippen molar-refractivity contribution in [1.29, 1.82) is 0 Å². The zero-order valence-electron chi connectivity index (χ0n) is 12.3. The molecule has 0 aliphatic rings. The molecule has 2 N–H and O–H groups in total. The zero-order chi connectivity index (χ0) is 13.5. The van der Waals surface area contributed by atoms with E-state index in [1.54, 1.807) is 0 Å². The Morgan fingerprint density at radius 3 is 2.00 bits per heavy atom. The molecule has 0 spiro atoms. The first kappa shape index (κ1) is 15.0. The highest BCUT2D eigenvalue weighted by molar-refractivity contribution is 5.47. The summed E-state index contributed by atoms with van der Waals surface area (Å²) in [4.78, 5) is 2.38. The molecule has 0 aliphatic heterocycles. The number of rotatable bonds is 7. The summed E-state index contributed by atoms with van der Waals surface area (Å²) in [6.45, 7) is 6.64. The Labute approximate surface area is 112 Å². The molecular weight excluding hydrogens is 220 g/mol. The van der Waals surface area contributed by atoms with Crippen LogP contribution in [0.5, 0.6) is 0 Å². The fraction of sp³-hybridized carbons (Fsp3) is 0.625. The molecule has 18 heavy (non-hydrogen) atoms. The summed E-state index contributed by atoms with van der Waals surface area (Å²) in [5, 5.41) is 0. The highest BCUT2D eigenvalue weighted by Crippen LogP contribution is 2.19. The molecule has 0 heterocycles. The van der Waals surface area contributed by atoms with Gasteiger partial charge in [0.2, 0.25) is 0 Å². The molecule has 0 saturated carbocycles. The molecule has 1 aromatic carbocycles. The van der Waals surface area contributed by atoms with Crippen LogP contribution in [0.1, 0.15) is 45.6 Å². The Hall–Kier alpha value is -1.02. The molecular formula is C16H28N2. The molecule has 0 aliphatic carbocycles. The van der Waals surface area contributed by atoms with Gasteiger partial charge in [0.1, 0.15) is 0 Å². The van der Waals surface area contributed by atoms with Crippen LogP contribution in [0, 0.1) is 0 Å². The molecule has 0 aromatic heterocycles. The van der Waals surface area contributed by atoms with Crippen molar-refractivity contribution in [2.45, 2.75) is 58.5 Å². The molecule has 1 aromatic rings. The van der Waals surface area contributed by atoms with Gasteiger partial charge >= 0.3 is 0 Å². The number of hydrogen-bond acceptors (Lipinski definition) is 2. The lowest BCUT2D eigenvalue weighted by atomic mass is 10.0. The summed E-state index contributed by atoms with van der Waals surface area (Å²) in [6, 6.07) is 9.78. The maximum atomic E-state index is 5.98. The third-order valence-corrected chi connectivity index (χ3v) is 3.86. The third kappa shape index (κ3) is 4.02. The topological polar surface area (TPSA) is 29.3 Å². The van der Waals surface area contributed by atoms with Gasteiger partial charge in [0.05, 0.1) is 0 Å². The van der Waals surface area contributed by atoms with Gasteiger partial charge < -0.3 is 10.6 Å².